The first-order chi connectivity index (χ1) is 11.9. The summed E-state index contributed by atoms with van der Waals surface area (Å²) in [6.45, 7) is 5.92. The fraction of sp³-hybridized carbons (Fsp3) is 0.667. The van der Waals surface area contributed by atoms with E-state index in [1.165, 1.54) is 12.2 Å². The van der Waals surface area contributed by atoms with Crippen molar-refractivity contribution >= 4 is 11.9 Å². The van der Waals surface area contributed by atoms with Crippen LogP contribution in [0.4, 0.5) is 0 Å². The molecule has 0 aromatic rings. The van der Waals surface area contributed by atoms with Crippen molar-refractivity contribution in [2.75, 3.05) is 6.61 Å². The molecule has 9 atom stereocenters. The van der Waals surface area contributed by atoms with Crippen molar-refractivity contribution in [2.45, 2.75) is 49.5 Å². The van der Waals surface area contributed by atoms with Gasteiger partial charge in [-0.15, -0.1) is 0 Å². The highest BCUT2D eigenvalue weighted by atomic mass is 16.6. The number of rotatable bonds is 1. The third-order valence-electron chi connectivity index (χ3n) is 7.37. The smallest absolute Gasteiger partial charge is 0.331 e. The van der Waals surface area contributed by atoms with Gasteiger partial charge in [0.05, 0.1) is 12.7 Å². The Morgan fingerprint density at radius 3 is 2.88 bits per heavy atom. The van der Waals surface area contributed by atoms with Crippen molar-refractivity contribution in [1.82, 2.24) is 0 Å². The lowest BCUT2D eigenvalue weighted by Crippen LogP contribution is -2.76. The first-order valence-corrected chi connectivity index (χ1v) is 8.63. The van der Waals surface area contributed by atoms with E-state index in [4.69, 9.17) is 18.9 Å². The number of epoxide rings is 1. The van der Waals surface area contributed by atoms with Crippen LogP contribution in [0.2, 0.25) is 0 Å². The second-order valence-electron chi connectivity index (χ2n) is 8.29. The van der Waals surface area contributed by atoms with Crippen molar-refractivity contribution in [3.63, 3.8) is 0 Å². The lowest BCUT2D eigenvalue weighted by Gasteiger charge is -2.64. The predicted octanol–water partition coefficient (Wildman–Crippen LogP) is -0.127. The van der Waals surface area contributed by atoms with Crippen LogP contribution in [0, 0.1) is 16.7 Å². The number of aliphatic hydroxyl groups is 1. The van der Waals surface area contributed by atoms with Crippen LogP contribution in [0.3, 0.4) is 0 Å². The van der Waals surface area contributed by atoms with Gasteiger partial charge in [0.25, 0.3) is 0 Å². The Hall–Kier alpha value is -1.70. The first-order valence-electron chi connectivity index (χ1n) is 8.63. The molecule has 0 aromatic carbocycles. The molecule has 7 rings (SSSR count). The maximum Gasteiger partial charge on any atom is 0.331 e. The van der Waals surface area contributed by atoms with Crippen LogP contribution < -0.4 is 0 Å². The predicted molar refractivity (Wildman–Crippen MR) is 80.0 cm³/mol. The SMILES string of the molecule is C=CC1OC(=O)C=C2C34COC(C5OC(=O)C(C)(C6OC6C3)C54)C21O. The zero-order chi connectivity index (χ0) is 17.4. The first kappa shape index (κ1) is 14.5. The monoisotopic (exact) mass is 346 g/mol. The molecule has 9 unspecified atom stereocenters. The fourth-order valence-corrected chi connectivity index (χ4v) is 6.45. The van der Waals surface area contributed by atoms with Crippen LogP contribution in [0.5, 0.6) is 0 Å². The van der Waals surface area contributed by atoms with Gasteiger partial charge in [-0.25, -0.2) is 4.79 Å². The Bertz CT molecular complexity index is 788. The minimum atomic E-state index is -1.57. The summed E-state index contributed by atoms with van der Waals surface area (Å²) in [5.41, 5.74) is -2.42. The normalized spacial score (nSPS) is 59.8. The number of hydrogen-bond acceptors (Lipinski definition) is 7. The van der Waals surface area contributed by atoms with Crippen molar-refractivity contribution in [2.24, 2.45) is 16.7 Å². The molecule has 6 fully saturated rings. The summed E-state index contributed by atoms with van der Waals surface area (Å²) < 4.78 is 22.8. The van der Waals surface area contributed by atoms with Crippen LogP contribution in [-0.2, 0) is 28.5 Å². The van der Waals surface area contributed by atoms with Gasteiger partial charge in [0.2, 0.25) is 0 Å². The molecule has 2 saturated carbocycles. The molecule has 5 aliphatic heterocycles. The van der Waals surface area contributed by atoms with Gasteiger partial charge in [-0.3, -0.25) is 4.79 Å². The number of carbonyl (C=O) groups is 2. The lowest BCUT2D eigenvalue weighted by atomic mass is 9.44. The fourth-order valence-electron chi connectivity index (χ4n) is 6.45. The van der Waals surface area contributed by atoms with E-state index in [1.54, 1.807) is 0 Å². The summed E-state index contributed by atoms with van der Waals surface area (Å²) >= 11 is 0. The number of fused-ring (bicyclic) bond motifs is 3. The molecule has 1 N–H and O–H groups in total. The van der Waals surface area contributed by atoms with Crippen LogP contribution in [0.15, 0.2) is 24.3 Å². The molecule has 0 amide bonds. The summed E-state index contributed by atoms with van der Waals surface area (Å²) in [6, 6.07) is 0. The standard InChI is InChI=1S/C18H18O7/c1-3-9-18(21)8(4-10(19)24-9)17-5-7-13(23-7)16(2)12(17)11(25-15(16)20)14(18)22-6-17/h3-4,7,9,11-14,21H,1,5-6H2,2H3. The van der Waals surface area contributed by atoms with Crippen molar-refractivity contribution in [1.29, 1.82) is 0 Å². The van der Waals surface area contributed by atoms with Gasteiger partial charge >= 0.3 is 11.9 Å². The Morgan fingerprint density at radius 2 is 2.12 bits per heavy atom. The maximum absolute atomic E-state index is 12.8. The van der Waals surface area contributed by atoms with E-state index in [9.17, 15) is 14.7 Å². The minimum absolute atomic E-state index is 0.0870. The molecule has 2 bridgehead atoms. The Balaban J connectivity index is 1.64. The summed E-state index contributed by atoms with van der Waals surface area (Å²) in [4.78, 5) is 24.9. The Kier molecular flexibility index (Phi) is 2.22. The zero-order valence-corrected chi connectivity index (χ0v) is 13.6. The Labute approximate surface area is 143 Å². The lowest BCUT2D eigenvalue weighted by molar-refractivity contribution is -0.279. The molecule has 132 valence electrons. The van der Waals surface area contributed by atoms with Gasteiger partial charge in [-0.1, -0.05) is 6.58 Å². The van der Waals surface area contributed by atoms with E-state index in [2.05, 4.69) is 6.58 Å². The van der Waals surface area contributed by atoms with Gasteiger partial charge < -0.3 is 24.1 Å². The summed E-state index contributed by atoms with van der Waals surface area (Å²) in [6.07, 6.45) is 0.846. The molecular formula is C18H18O7. The minimum Gasteiger partial charge on any atom is -0.459 e. The van der Waals surface area contributed by atoms with Gasteiger partial charge in [0, 0.05) is 17.4 Å². The highest BCUT2D eigenvalue weighted by molar-refractivity contribution is 5.87. The maximum atomic E-state index is 12.8. The van der Waals surface area contributed by atoms with Crippen LogP contribution in [-0.4, -0.2) is 59.8 Å². The van der Waals surface area contributed by atoms with Crippen molar-refractivity contribution in [3.05, 3.63) is 24.3 Å². The summed E-state index contributed by atoms with van der Waals surface area (Å²) in [7, 11) is 0. The average Bonchev–Trinajstić information content (AvgIpc) is 3.29. The van der Waals surface area contributed by atoms with E-state index in [-0.39, 0.29) is 24.1 Å². The molecule has 2 aliphatic carbocycles. The van der Waals surface area contributed by atoms with E-state index in [1.807, 2.05) is 6.92 Å². The summed E-state index contributed by atoms with van der Waals surface area (Å²) in [5, 5.41) is 11.6. The topological polar surface area (TPSA) is 94.6 Å². The molecule has 5 heterocycles. The molecule has 7 nitrogen and oxygen atoms in total. The molecule has 7 aliphatic rings. The zero-order valence-electron chi connectivity index (χ0n) is 13.6. The van der Waals surface area contributed by atoms with Gasteiger partial charge in [-0.2, -0.15) is 0 Å². The van der Waals surface area contributed by atoms with Crippen LogP contribution in [0.1, 0.15) is 13.3 Å². The van der Waals surface area contributed by atoms with E-state index < -0.39 is 40.7 Å². The molecule has 0 aromatic heterocycles. The number of esters is 2. The highest BCUT2D eigenvalue weighted by Gasteiger charge is 2.84. The quantitative estimate of drug-likeness (QED) is 0.402. The van der Waals surface area contributed by atoms with Crippen LogP contribution >= 0.6 is 0 Å². The summed E-state index contributed by atoms with van der Waals surface area (Å²) in [5.74, 6) is -0.994. The molecule has 0 radical (unpaired) electrons. The third kappa shape index (κ3) is 1.26. The van der Waals surface area contributed by atoms with E-state index >= 15 is 0 Å². The van der Waals surface area contributed by atoms with Gasteiger partial charge in [0.1, 0.15) is 23.7 Å². The van der Waals surface area contributed by atoms with Gasteiger partial charge in [-0.05, 0) is 25.0 Å². The second-order valence-corrected chi connectivity index (χ2v) is 8.29. The van der Waals surface area contributed by atoms with Crippen molar-refractivity contribution < 1.29 is 33.6 Å². The molecular weight excluding hydrogens is 328 g/mol. The highest BCUT2D eigenvalue weighted by Crippen LogP contribution is 2.73. The van der Waals surface area contributed by atoms with E-state index in [0.717, 1.165) is 0 Å². The largest absolute Gasteiger partial charge is 0.459 e. The number of ether oxygens (including phenoxy) is 4. The molecule has 4 saturated heterocycles. The number of carbonyl (C=O) groups excluding carboxylic acids is 2. The molecule has 1 spiro atoms. The average molecular weight is 346 g/mol. The molecule has 7 heteroatoms. The van der Waals surface area contributed by atoms with Crippen molar-refractivity contribution in [3.8, 4) is 0 Å². The number of hydrogen-bond donors (Lipinski definition) is 1. The third-order valence-corrected chi connectivity index (χ3v) is 7.37. The van der Waals surface area contributed by atoms with Crippen LogP contribution in [0.25, 0.3) is 0 Å². The van der Waals surface area contributed by atoms with E-state index in [0.29, 0.717) is 18.6 Å². The Morgan fingerprint density at radius 1 is 1.32 bits per heavy atom. The molecule has 25 heavy (non-hydrogen) atoms. The van der Waals surface area contributed by atoms with Gasteiger partial charge in [0.15, 0.2) is 11.7 Å². The number of cyclic esters (lactones) is 1. The second kappa shape index (κ2) is 3.84.